The van der Waals surface area contributed by atoms with Crippen LogP contribution in [-0.2, 0) is 13.7 Å². The van der Waals surface area contributed by atoms with Crippen molar-refractivity contribution in [2.75, 3.05) is 0 Å². The molecule has 5 nitrogen and oxygen atoms in total. The topological polar surface area (TPSA) is 57.3 Å². The zero-order valence-corrected chi connectivity index (χ0v) is 14.7. The number of allylic oxidation sites excluding steroid dienone is 1. The lowest BCUT2D eigenvalue weighted by Crippen LogP contribution is -1.94. The van der Waals surface area contributed by atoms with Gasteiger partial charge in [-0.15, -0.1) is 0 Å². The van der Waals surface area contributed by atoms with Crippen LogP contribution in [0.25, 0.3) is 6.08 Å². The van der Waals surface area contributed by atoms with Crippen LogP contribution in [0.15, 0.2) is 53.1 Å². The normalized spacial score (nSPS) is 11.2. The van der Waals surface area contributed by atoms with Gasteiger partial charge < -0.3 is 9.15 Å². The minimum atomic E-state index is -0.110. The van der Waals surface area contributed by atoms with Crippen LogP contribution in [0, 0.1) is 6.92 Å². The first-order chi connectivity index (χ1) is 12.0. The summed E-state index contributed by atoms with van der Waals surface area (Å²) in [5, 5.41) is 4.82. The smallest absolute Gasteiger partial charge is 0.189 e. The van der Waals surface area contributed by atoms with E-state index in [1.807, 2.05) is 6.07 Å². The number of ketones is 1. The van der Waals surface area contributed by atoms with Crippen molar-refractivity contribution in [2.45, 2.75) is 13.5 Å². The van der Waals surface area contributed by atoms with E-state index in [-0.39, 0.29) is 5.78 Å². The lowest BCUT2D eigenvalue weighted by atomic mass is 10.1. The second kappa shape index (κ2) is 7.40. The molecule has 0 radical (unpaired) electrons. The number of halogens is 1. The van der Waals surface area contributed by atoms with E-state index in [0.29, 0.717) is 40.2 Å². The highest BCUT2D eigenvalue weighted by molar-refractivity contribution is 6.30. The van der Waals surface area contributed by atoms with Crippen molar-refractivity contribution < 1.29 is 13.9 Å². The summed E-state index contributed by atoms with van der Waals surface area (Å²) in [6.07, 6.45) is 4.82. The van der Waals surface area contributed by atoms with Gasteiger partial charge in [0.25, 0.3) is 0 Å². The van der Waals surface area contributed by atoms with Gasteiger partial charge in [0.05, 0.1) is 11.3 Å². The number of aromatic nitrogens is 2. The van der Waals surface area contributed by atoms with E-state index in [9.17, 15) is 4.79 Å². The Morgan fingerprint density at radius 2 is 2.04 bits per heavy atom. The summed E-state index contributed by atoms with van der Waals surface area (Å²) in [6, 6.07) is 10.7. The molecular formula is C19H17ClN2O3. The minimum absolute atomic E-state index is 0.110. The molecule has 0 fully saturated rings. The number of hydrogen-bond donors (Lipinski definition) is 0. The molecule has 0 atom stereocenters. The molecule has 6 heteroatoms. The van der Waals surface area contributed by atoms with Gasteiger partial charge in [-0.1, -0.05) is 11.6 Å². The molecule has 0 aliphatic heterocycles. The molecule has 0 saturated heterocycles. The summed E-state index contributed by atoms with van der Waals surface area (Å²) < 4.78 is 12.9. The first kappa shape index (κ1) is 17.0. The predicted octanol–water partition coefficient (Wildman–Crippen LogP) is 4.45. The van der Waals surface area contributed by atoms with Gasteiger partial charge in [-0.2, -0.15) is 5.10 Å². The number of ether oxygens (including phenoxy) is 1. The predicted molar refractivity (Wildman–Crippen MR) is 95.8 cm³/mol. The molecule has 3 aromatic rings. The van der Waals surface area contributed by atoms with Crippen molar-refractivity contribution in [3.63, 3.8) is 0 Å². The summed E-state index contributed by atoms with van der Waals surface area (Å²) in [5.74, 6) is 1.85. The van der Waals surface area contributed by atoms with E-state index in [0.717, 1.165) is 0 Å². The summed E-state index contributed by atoms with van der Waals surface area (Å²) in [5.41, 5.74) is 1.28. The third-order valence-electron chi connectivity index (χ3n) is 3.56. The Hall–Kier alpha value is -2.79. The van der Waals surface area contributed by atoms with Gasteiger partial charge in [-0.3, -0.25) is 9.48 Å². The maximum atomic E-state index is 12.2. The monoisotopic (exact) mass is 356 g/mol. The van der Waals surface area contributed by atoms with Gasteiger partial charge >= 0.3 is 0 Å². The Kier molecular flexibility index (Phi) is 5.05. The molecule has 0 saturated carbocycles. The Bertz CT molecular complexity index is 907. The molecule has 0 aliphatic rings. The lowest BCUT2D eigenvalue weighted by Gasteiger charge is -2.03. The van der Waals surface area contributed by atoms with Gasteiger partial charge in [-0.25, -0.2) is 0 Å². The summed E-state index contributed by atoms with van der Waals surface area (Å²) in [6.45, 7) is 2.10. The fourth-order valence-electron chi connectivity index (χ4n) is 2.34. The average Bonchev–Trinajstić information content (AvgIpc) is 3.18. The number of rotatable bonds is 6. The van der Waals surface area contributed by atoms with Crippen molar-refractivity contribution in [2.24, 2.45) is 7.05 Å². The molecule has 0 unspecified atom stereocenters. The molecule has 1 aromatic carbocycles. The first-order valence-electron chi connectivity index (χ1n) is 7.71. The van der Waals surface area contributed by atoms with Gasteiger partial charge in [0.15, 0.2) is 5.78 Å². The van der Waals surface area contributed by atoms with Crippen LogP contribution in [0.2, 0.25) is 5.02 Å². The van der Waals surface area contributed by atoms with Crippen molar-refractivity contribution >= 4 is 23.5 Å². The number of carbonyl (C=O) groups is 1. The highest BCUT2D eigenvalue weighted by Gasteiger charge is 2.09. The van der Waals surface area contributed by atoms with Crippen LogP contribution in [-0.4, -0.2) is 15.6 Å². The lowest BCUT2D eigenvalue weighted by molar-refractivity contribution is 0.104. The Morgan fingerprint density at radius 3 is 2.72 bits per heavy atom. The Balaban J connectivity index is 1.60. The maximum absolute atomic E-state index is 12.2. The molecule has 0 bridgehead atoms. The highest BCUT2D eigenvalue weighted by Crippen LogP contribution is 2.18. The van der Waals surface area contributed by atoms with E-state index in [1.165, 1.54) is 6.08 Å². The SMILES string of the molecule is Cc1nn(C)cc1C(=O)/C=C\c1ccc(COc2ccc(Cl)cc2)o1. The summed E-state index contributed by atoms with van der Waals surface area (Å²) in [4.78, 5) is 12.2. The van der Waals surface area contributed by atoms with E-state index < -0.39 is 0 Å². The number of benzene rings is 1. The largest absolute Gasteiger partial charge is 0.486 e. The molecule has 3 rings (SSSR count). The molecule has 25 heavy (non-hydrogen) atoms. The van der Waals surface area contributed by atoms with Crippen LogP contribution < -0.4 is 4.74 Å². The van der Waals surface area contributed by atoms with Crippen LogP contribution in [0.1, 0.15) is 27.6 Å². The zero-order chi connectivity index (χ0) is 17.8. The molecule has 2 aromatic heterocycles. The van der Waals surface area contributed by atoms with Crippen LogP contribution >= 0.6 is 11.6 Å². The fraction of sp³-hybridized carbons (Fsp3) is 0.158. The zero-order valence-electron chi connectivity index (χ0n) is 13.9. The molecule has 2 heterocycles. The third-order valence-corrected chi connectivity index (χ3v) is 3.81. The van der Waals surface area contributed by atoms with Gasteiger partial charge in [0.2, 0.25) is 0 Å². The molecular weight excluding hydrogens is 340 g/mol. The minimum Gasteiger partial charge on any atom is -0.486 e. The van der Waals surface area contributed by atoms with E-state index >= 15 is 0 Å². The summed E-state index contributed by atoms with van der Waals surface area (Å²) in [7, 11) is 1.78. The van der Waals surface area contributed by atoms with Gasteiger partial charge in [0, 0.05) is 18.3 Å². The number of hydrogen-bond acceptors (Lipinski definition) is 4. The molecule has 0 amide bonds. The van der Waals surface area contributed by atoms with E-state index in [2.05, 4.69) is 5.10 Å². The standard InChI is InChI=1S/C19H17ClN2O3/c1-13-18(11-22(2)21-13)19(23)10-9-16-7-8-17(25-16)12-24-15-5-3-14(20)4-6-15/h3-11H,12H2,1-2H3/b10-9-. The number of carbonyl (C=O) groups excluding carboxylic acids is 1. The third kappa shape index (κ3) is 4.39. The second-order valence-corrected chi connectivity index (χ2v) is 5.98. The second-order valence-electron chi connectivity index (χ2n) is 5.55. The number of aryl methyl sites for hydroxylation is 2. The number of furan rings is 1. The first-order valence-corrected chi connectivity index (χ1v) is 8.09. The van der Waals surface area contributed by atoms with Crippen LogP contribution in [0.4, 0.5) is 0 Å². The van der Waals surface area contributed by atoms with Crippen LogP contribution in [0.5, 0.6) is 5.75 Å². The van der Waals surface area contributed by atoms with Crippen molar-refractivity contribution in [1.82, 2.24) is 9.78 Å². The van der Waals surface area contributed by atoms with Crippen molar-refractivity contribution in [3.8, 4) is 5.75 Å². The quantitative estimate of drug-likeness (QED) is 0.483. The summed E-state index contributed by atoms with van der Waals surface area (Å²) >= 11 is 5.83. The highest BCUT2D eigenvalue weighted by atomic mass is 35.5. The van der Waals surface area contributed by atoms with E-state index in [1.54, 1.807) is 61.3 Å². The number of nitrogens with zero attached hydrogens (tertiary/aromatic N) is 2. The van der Waals surface area contributed by atoms with Crippen molar-refractivity contribution in [3.05, 3.63) is 76.5 Å². The molecule has 0 spiro atoms. The van der Waals surface area contributed by atoms with E-state index in [4.69, 9.17) is 20.8 Å². The molecule has 0 N–H and O–H groups in total. The van der Waals surface area contributed by atoms with Crippen molar-refractivity contribution in [1.29, 1.82) is 0 Å². The molecule has 0 aliphatic carbocycles. The maximum Gasteiger partial charge on any atom is 0.189 e. The Labute approximate surface area is 150 Å². The van der Waals surface area contributed by atoms with Crippen LogP contribution in [0.3, 0.4) is 0 Å². The average molecular weight is 357 g/mol. The molecule has 128 valence electrons. The van der Waals surface area contributed by atoms with Gasteiger partial charge in [0.1, 0.15) is 23.9 Å². The fourth-order valence-corrected chi connectivity index (χ4v) is 2.46. The van der Waals surface area contributed by atoms with Gasteiger partial charge in [-0.05, 0) is 55.5 Å². The Morgan fingerprint density at radius 1 is 1.28 bits per heavy atom.